The summed E-state index contributed by atoms with van der Waals surface area (Å²) in [6.45, 7) is 4.86. The molecule has 0 radical (unpaired) electrons. The van der Waals surface area contributed by atoms with Crippen LogP contribution in [0, 0.1) is 0 Å². The predicted molar refractivity (Wildman–Crippen MR) is 251 cm³/mol. The van der Waals surface area contributed by atoms with Crippen molar-refractivity contribution < 1.29 is 0 Å². The maximum atomic E-state index is 5.11. The fraction of sp³-hybridized carbons (Fsp3) is 0.0526. The summed E-state index contributed by atoms with van der Waals surface area (Å²) in [5, 5.41) is 7.83. The third-order valence-corrected chi connectivity index (χ3v) is 12.7. The Balaban J connectivity index is 1.01. The molecule has 0 fully saturated rings. The van der Waals surface area contributed by atoms with Gasteiger partial charge in [0.1, 0.15) is 0 Å². The van der Waals surface area contributed by atoms with Gasteiger partial charge >= 0.3 is 0 Å². The highest BCUT2D eigenvalue weighted by Gasteiger charge is 2.41. The van der Waals surface area contributed by atoms with Crippen LogP contribution in [0.1, 0.15) is 25.0 Å². The largest absolute Gasteiger partial charge is 0.309 e. The molecule has 0 atom stereocenters. The van der Waals surface area contributed by atoms with Crippen molar-refractivity contribution in [1.82, 2.24) is 14.5 Å². The lowest BCUT2D eigenvalue weighted by atomic mass is 9.78. The number of fused-ring (bicyclic) bond motifs is 12. The van der Waals surface area contributed by atoms with E-state index >= 15 is 0 Å². The smallest absolute Gasteiger partial charge is 0.160 e. The molecule has 0 unspecified atom stereocenters. The number of nitrogens with zero attached hydrogens (tertiary/aromatic N) is 3. The second-order valence-electron chi connectivity index (χ2n) is 16.5. The zero-order valence-electron chi connectivity index (χ0n) is 33.4. The zero-order chi connectivity index (χ0) is 40.0. The van der Waals surface area contributed by atoms with E-state index in [1.54, 1.807) is 0 Å². The lowest BCUT2D eigenvalue weighted by Gasteiger charge is -2.25. The van der Waals surface area contributed by atoms with E-state index in [-0.39, 0.29) is 5.41 Å². The fourth-order valence-corrected chi connectivity index (χ4v) is 10.1. The first-order valence-electron chi connectivity index (χ1n) is 20.7. The van der Waals surface area contributed by atoms with Crippen LogP contribution in [0.3, 0.4) is 0 Å². The Labute approximate surface area is 348 Å². The summed E-state index contributed by atoms with van der Waals surface area (Å²) < 4.78 is 2.51. The number of hydrogen-bond donors (Lipinski definition) is 0. The number of para-hydroxylation sites is 1. The Morgan fingerprint density at radius 2 is 0.933 bits per heavy atom. The van der Waals surface area contributed by atoms with E-state index in [1.165, 1.54) is 65.6 Å². The minimum Gasteiger partial charge on any atom is -0.309 e. The Morgan fingerprint density at radius 3 is 1.62 bits per heavy atom. The van der Waals surface area contributed by atoms with Crippen LogP contribution in [0.4, 0.5) is 0 Å². The molecule has 282 valence electrons. The summed E-state index contributed by atoms with van der Waals surface area (Å²) in [6, 6.07) is 72.1. The molecular weight excluding hydrogens is 727 g/mol. The predicted octanol–water partition coefficient (Wildman–Crippen LogP) is 14.9. The molecule has 1 aliphatic carbocycles. The summed E-state index contributed by atoms with van der Waals surface area (Å²) in [6.07, 6.45) is 0. The van der Waals surface area contributed by atoms with Crippen LogP contribution in [0.2, 0.25) is 0 Å². The molecule has 12 rings (SSSR count). The summed E-state index contributed by atoms with van der Waals surface area (Å²) in [4.78, 5) is 10.2. The highest BCUT2D eigenvalue weighted by molar-refractivity contribution is 6.21. The molecule has 0 N–H and O–H groups in total. The molecule has 2 heterocycles. The van der Waals surface area contributed by atoms with Crippen LogP contribution in [-0.4, -0.2) is 14.5 Å². The first kappa shape index (κ1) is 34.4. The van der Waals surface area contributed by atoms with Crippen molar-refractivity contribution in [1.29, 1.82) is 0 Å². The van der Waals surface area contributed by atoms with E-state index in [1.807, 2.05) is 12.1 Å². The van der Waals surface area contributed by atoms with Gasteiger partial charge in [0.05, 0.1) is 22.4 Å². The monoisotopic (exact) mass is 765 g/mol. The van der Waals surface area contributed by atoms with Crippen molar-refractivity contribution >= 4 is 43.4 Å². The number of aromatic nitrogens is 3. The van der Waals surface area contributed by atoms with Gasteiger partial charge < -0.3 is 4.57 Å². The van der Waals surface area contributed by atoms with Crippen molar-refractivity contribution in [2.75, 3.05) is 0 Å². The maximum absolute atomic E-state index is 5.11. The topological polar surface area (TPSA) is 30.7 Å². The Kier molecular flexibility index (Phi) is 7.58. The molecule has 60 heavy (non-hydrogen) atoms. The van der Waals surface area contributed by atoms with Gasteiger partial charge in [-0.05, 0) is 85.3 Å². The van der Waals surface area contributed by atoms with Gasteiger partial charge in [-0.2, -0.15) is 0 Å². The van der Waals surface area contributed by atoms with E-state index in [4.69, 9.17) is 9.97 Å². The molecule has 0 bridgehead atoms. The van der Waals surface area contributed by atoms with Gasteiger partial charge in [0, 0.05) is 38.6 Å². The quantitative estimate of drug-likeness (QED) is 0.163. The molecule has 9 aromatic carbocycles. The third-order valence-electron chi connectivity index (χ3n) is 12.7. The fourth-order valence-electron chi connectivity index (χ4n) is 10.1. The Morgan fingerprint density at radius 1 is 0.383 bits per heavy atom. The molecule has 3 nitrogen and oxygen atoms in total. The molecule has 0 saturated carbocycles. The van der Waals surface area contributed by atoms with Crippen molar-refractivity contribution in [3.8, 4) is 61.8 Å². The van der Waals surface area contributed by atoms with E-state index in [0.29, 0.717) is 5.82 Å². The normalized spacial score (nSPS) is 13.0. The molecule has 1 aliphatic rings. The minimum absolute atomic E-state index is 0.249. The van der Waals surface area contributed by atoms with E-state index < -0.39 is 0 Å². The Hall–Kier alpha value is -7.62. The average molecular weight is 766 g/mol. The molecule has 0 amide bonds. The summed E-state index contributed by atoms with van der Waals surface area (Å²) in [5.74, 6) is 0.706. The number of benzene rings is 9. The lowest BCUT2D eigenvalue weighted by Crippen LogP contribution is -2.17. The minimum atomic E-state index is -0.249. The van der Waals surface area contributed by atoms with Gasteiger partial charge in [-0.25, -0.2) is 9.97 Å². The van der Waals surface area contributed by atoms with E-state index in [9.17, 15) is 0 Å². The van der Waals surface area contributed by atoms with Crippen molar-refractivity contribution in [3.05, 3.63) is 211 Å². The third kappa shape index (κ3) is 5.15. The van der Waals surface area contributed by atoms with Crippen LogP contribution in [0.15, 0.2) is 200 Å². The second-order valence-corrected chi connectivity index (χ2v) is 16.5. The molecule has 0 spiro atoms. The van der Waals surface area contributed by atoms with E-state index in [2.05, 4.69) is 206 Å². The van der Waals surface area contributed by atoms with Crippen molar-refractivity contribution in [3.63, 3.8) is 0 Å². The second kappa shape index (κ2) is 13.2. The molecule has 3 heteroatoms. The standard InChI is InChI=1S/C57H39N3/c1-57(2)53-46-26-12-10-23-43(46)42-22-9-11-25-45(42)52(53)48-33-32-47-44-24-13-14-27-51(44)60(55(47)54(48)57)41-30-28-36(29-31-41)39-20-15-21-40(34-39)56-58-49(37-16-5-3-6-17-37)35-50(59-56)38-18-7-4-8-19-38/h3-35H,1-2H3. The first-order chi connectivity index (χ1) is 29.5. The van der Waals surface area contributed by atoms with Crippen molar-refractivity contribution in [2.45, 2.75) is 19.3 Å². The molecule has 0 saturated heterocycles. The first-order valence-corrected chi connectivity index (χ1v) is 20.7. The average Bonchev–Trinajstić information content (AvgIpc) is 3.78. The summed E-state index contributed by atoms with van der Waals surface area (Å²) in [5.41, 5.74) is 16.1. The lowest BCUT2D eigenvalue weighted by molar-refractivity contribution is 0.670. The van der Waals surface area contributed by atoms with Gasteiger partial charge in [-0.1, -0.05) is 184 Å². The van der Waals surface area contributed by atoms with Gasteiger partial charge in [0.15, 0.2) is 5.82 Å². The van der Waals surface area contributed by atoms with Crippen molar-refractivity contribution in [2.24, 2.45) is 0 Å². The molecule has 11 aromatic rings. The molecule has 2 aromatic heterocycles. The Bertz CT molecular complexity index is 3430. The SMILES string of the molecule is CC1(C)c2c(c3ccccc3c3ccccc23)-c2ccc3c4ccccc4n(-c4ccc(-c5cccc(-c6nc(-c7ccccc7)cc(-c7ccccc7)n6)c5)cc4)c3c21. The zero-order valence-corrected chi connectivity index (χ0v) is 33.4. The van der Waals surface area contributed by atoms with Gasteiger partial charge in [-0.15, -0.1) is 0 Å². The number of hydrogen-bond acceptors (Lipinski definition) is 2. The van der Waals surface area contributed by atoms with Crippen LogP contribution < -0.4 is 0 Å². The van der Waals surface area contributed by atoms with E-state index in [0.717, 1.165) is 44.9 Å². The highest BCUT2D eigenvalue weighted by atomic mass is 15.0. The van der Waals surface area contributed by atoms with Crippen LogP contribution in [0.5, 0.6) is 0 Å². The number of rotatable bonds is 5. The van der Waals surface area contributed by atoms with Gasteiger partial charge in [0.2, 0.25) is 0 Å². The van der Waals surface area contributed by atoms with Crippen LogP contribution in [-0.2, 0) is 5.41 Å². The summed E-state index contributed by atoms with van der Waals surface area (Å²) in [7, 11) is 0. The van der Waals surface area contributed by atoms with Gasteiger partial charge in [0.25, 0.3) is 0 Å². The van der Waals surface area contributed by atoms with Crippen LogP contribution >= 0.6 is 0 Å². The maximum Gasteiger partial charge on any atom is 0.160 e. The van der Waals surface area contributed by atoms with Gasteiger partial charge in [-0.3, -0.25) is 0 Å². The summed E-state index contributed by atoms with van der Waals surface area (Å²) >= 11 is 0. The molecule has 0 aliphatic heterocycles. The molecular formula is C57H39N3. The van der Waals surface area contributed by atoms with Crippen LogP contribution in [0.25, 0.3) is 105 Å². The highest BCUT2D eigenvalue weighted by Crippen LogP contribution is 2.57.